The van der Waals surface area contributed by atoms with Crippen molar-refractivity contribution in [3.63, 3.8) is 0 Å². The maximum absolute atomic E-state index is 13.2. The summed E-state index contributed by atoms with van der Waals surface area (Å²) in [6.07, 6.45) is 14.2. The molecule has 0 aliphatic carbocycles. The van der Waals surface area contributed by atoms with Gasteiger partial charge in [-0.05, 0) is 129 Å². The third-order valence-electron chi connectivity index (χ3n) is 19.3. The smallest absolute Gasteiger partial charge is 0.247 e. The van der Waals surface area contributed by atoms with Crippen LogP contribution in [0.3, 0.4) is 0 Å². The van der Waals surface area contributed by atoms with Crippen molar-refractivity contribution in [1.29, 1.82) is 0 Å². The SMILES string of the molecule is Fc1c[c-]c(-c2ccccn2)c(F)c1.O=C(O)c1[c-]cccc1.[Ir].[Ir].[Ir].[Ir].[Ir].[c-]1c(-c2ccccn2)sc2ccccc12.[c-]1c(-c2ccccn2)sc2ccccc12.[c-]1c(-c2nccc3ccccc23)sc2ccccc12.[c-]1ccccc1-c1ccccn1.[c-]1ccccc1-c1ccccn1.[c-]1ccccc1-c1ccccn1.[c-]1ccccc1-c1ccccn1.[c-]1ccccc1-c1nc2ccccc2s1. The first-order valence-corrected chi connectivity index (χ1v) is 45.7. The van der Waals surface area contributed by atoms with Gasteiger partial charge in [-0.25, -0.2) is 34.0 Å². The van der Waals surface area contributed by atoms with E-state index in [0.29, 0.717) is 5.69 Å². The number of hydrogen-bond donors (Lipinski definition) is 1. The van der Waals surface area contributed by atoms with Crippen LogP contribution in [0.2, 0.25) is 0 Å². The number of thiazole rings is 1. The molecule has 22 heteroatoms. The van der Waals surface area contributed by atoms with Gasteiger partial charge in [-0.3, -0.25) is 13.8 Å². The molecule has 0 saturated heterocycles. The predicted molar refractivity (Wildman–Crippen MR) is 548 cm³/mol. The Bertz CT molecular complexity index is 6820. The second-order valence-electron chi connectivity index (χ2n) is 28.5. The molecule has 0 saturated carbocycles. The number of carbonyl (C=O) groups is 1. The fraction of sp³-hybridized carbons (Fsp3) is 0. The number of halogens is 2. The molecule has 0 amide bonds. The molecule has 0 fully saturated rings. The van der Waals surface area contributed by atoms with Gasteiger partial charge < -0.3 is 49.8 Å². The van der Waals surface area contributed by atoms with Crippen LogP contribution in [0.4, 0.5) is 8.78 Å². The molecular weight excluding hydrogens is 2700 g/mol. The van der Waals surface area contributed by atoms with Crippen LogP contribution in [0, 0.1) is 72.3 Å². The number of pyridine rings is 8. The Kier molecular flexibility index (Phi) is 45.7. The number of nitrogens with zero attached hydrogens (tertiary/aromatic N) is 9. The molecule has 12 aromatic carbocycles. The van der Waals surface area contributed by atoms with E-state index in [1.165, 1.54) is 46.4 Å². The Hall–Kier alpha value is -13.6. The quantitative estimate of drug-likeness (QED) is 0.130. The van der Waals surface area contributed by atoms with Crippen LogP contribution in [0.1, 0.15) is 10.4 Å². The number of aromatic carboxylic acids is 1. The molecule has 0 unspecified atom stereocenters. The van der Waals surface area contributed by atoms with Crippen LogP contribution in [-0.2, 0) is 101 Å². The largest absolute Gasteiger partial charge is 0.521 e. The number of carboxylic acid groups (broad SMARTS) is 1. The number of fused-ring (bicyclic) bond motifs is 5. The average molecular weight is 2780 g/mol. The maximum Gasteiger partial charge on any atom is 0.247 e. The topological polar surface area (TPSA) is 153 Å². The van der Waals surface area contributed by atoms with E-state index in [9.17, 15) is 13.6 Å². The predicted octanol–water partition coefficient (Wildman–Crippen LogP) is 30.4. The zero-order chi connectivity index (χ0) is 92.5. The number of carboxylic acids is 1. The third kappa shape index (κ3) is 32.8. The van der Waals surface area contributed by atoms with Crippen LogP contribution in [0.25, 0.3) is 150 Å². The second kappa shape index (κ2) is 59.0. The molecule has 0 aliphatic rings. The number of hydrogen-bond acceptors (Lipinski definition) is 14. The average Bonchev–Trinajstić information content (AvgIpc) is 1.67. The molecule has 12 aromatic heterocycles. The van der Waals surface area contributed by atoms with Crippen molar-refractivity contribution in [3.05, 3.63) is 540 Å². The number of benzene rings is 12. The monoisotopic (exact) mass is 2780 g/mol. The first-order chi connectivity index (χ1) is 66.7. The summed E-state index contributed by atoms with van der Waals surface area (Å²) in [6, 6.07) is 163. The minimum atomic E-state index is -0.935. The molecule has 5 radical (unpaired) electrons. The zero-order valence-electron chi connectivity index (χ0n) is 73.8. The van der Waals surface area contributed by atoms with Crippen molar-refractivity contribution < 1.29 is 119 Å². The van der Waals surface area contributed by atoms with Crippen molar-refractivity contribution in [3.8, 4) is 98.6 Å². The molecule has 11 nitrogen and oxygen atoms in total. The van der Waals surface area contributed by atoms with Crippen LogP contribution >= 0.6 is 45.3 Å². The molecule has 0 bridgehead atoms. The Morgan fingerprint density at radius 3 is 0.957 bits per heavy atom. The first kappa shape index (κ1) is 108. The summed E-state index contributed by atoms with van der Waals surface area (Å²) in [5.41, 5.74) is 14.0. The maximum atomic E-state index is 13.2. The van der Waals surface area contributed by atoms with Crippen molar-refractivity contribution in [2.24, 2.45) is 0 Å². The van der Waals surface area contributed by atoms with E-state index < -0.39 is 17.6 Å². The van der Waals surface area contributed by atoms with Gasteiger partial charge in [-0.2, -0.15) is 11.3 Å². The van der Waals surface area contributed by atoms with Gasteiger partial charge in [0.2, 0.25) is 5.97 Å². The van der Waals surface area contributed by atoms with Gasteiger partial charge in [-0.15, -0.1) is 293 Å². The van der Waals surface area contributed by atoms with E-state index in [2.05, 4.69) is 190 Å². The van der Waals surface area contributed by atoms with Crippen molar-refractivity contribution in [2.45, 2.75) is 0 Å². The molecule has 0 aliphatic heterocycles. The molecule has 140 heavy (non-hydrogen) atoms. The van der Waals surface area contributed by atoms with Crippen molar-refractivity contribution in [1.82, 2.24) is 44.9 Å². The third-order valence-corrected chi connectivity index (χ3v) is 23.6. The molecule has 1 N–H and O–H groups in total. The summed E-state index contributed by atoms with van der Waals surface area (Å²) in [7, 11) is 0. The molecule has 24 aromatic rings. The van der Waals surface area contributed by atoms with Crippen LogP contribution in [-0.4, -0.2) is 55.9 Å². The van der Waals surface area contributed by atoms with Gasteiger partial charge in [0.15, 0.2) is 0 Å². The summed E-state index contributed by atoms with van der Waals surface area (Å²) in [5.74, 6) is -2.22. The van der Waals surface area contributed by atoms with Crippen LogP contribution in [0.15, 0.2) is 462 Å². The van der Waals surface area contributed by atoms with E-state index in [4.69, 9.17) is 5.11 Å². The molecule has 24 rings (SSSR count). The Morgan fingerprint density at radius 1 is 0.279 bits per heavy atom. The van der Waals surface area contributed by atoms with Gasteiger partial charge in [0.25, 0.3) is 0 Å². The summed E-state index contributed by atoms with van der Waals surface area (Å²) in [4.78, 5) is 52.1. The summed E-state index contributed by atoms with van der Waals surface area (Å²) in [6.45, 7) is 0. The zero-order valence-corrected chi connectivity index (χ0v) is 89.1. The Morgan fingerprint density at radius 2 is 0.607 bits per heavy atom. The Balaban J connectivity index is 0.000000160. The molecular formula is C118H77F2Ir5N9O2S4-10. The molecule has 0 spiro atoms. The fourth-order valence-corrected chi connectivity index (χ4v) is 16.8. The van der Waals surface area contributed by atoms with E-state index >= 15 is 0 Å². The number of para-hydroxylation sites is 1. The molecule has 12 heterocycles. The second-order valence-corrected chi connectivity index (χ2v) is 32.7. The van der Waals surface area contributed by atoms with Crippen LogP contribution < -0.4 is 0 Å². The summed E-state index contributed by atoms with van der Waals surface area (Å²) < 4.78 is 30.8. The van der Waals surface area contributed by atoms with Gasteiger partial charge in [-0.1, -0.05) is 175 Å². The minimum absolute atomic E-state index is 0. The number of rotatable bonds is 10. The normalized spacial score (nSPS) is 9.84. The first-order valence-electron chi connectivity index (χ1n) is 42.4. The van der Waals surface area contributed by atoms with E-state index in [1.807, 2.05) is 292 Å². The van der Waals surface area contributed by atoms with Crippen molar-refractivity contribution in [2.75, 3.05) is 0 Å². The summed E-state index contributed by atoms with van der Waals surface area (Å²) in [5, 5.41) is 15.3. The Labute approximate surface area is 896 Å². The standard InChI is InChI=1S/C17H10NS.3C13H8NS.C11H6F2N.4C11H8N.C7H5O2.5Ir/c1-3-7-14-12(5-1)9-10-18-17(14)16-11-13-6-2-4-8-15(13)19-16;2*1-2-7-12-10(5-1)9-13(15-12)11-6-3-4-8-14-11;1-2-6-10(7-3-1)13-14-11-8-4-5-9-12(11)15-13;12-8-4-5-9(10(13)7-8)11-3-1-2-6-14-11;4*1-2-6-10(7-3-1)11-8-4-5-9-12-11;8-7(9)6-4-2-1-3-5-6;;;;;/h1-10H;2*1-8H;1-6,8-9H;1-4,6-7H;4*1-6,8-9H;1-4H,(H,8,9);;;;;/q10*-1;;;;;. The van der Waals surface area contributed by atoms with Crippen molar-refractivity contribution >= 4 is 103 Å². The van der Waals surface area contributed by atoms with E-state index in [-0.39, 0.29) is 112 Å². The van der Waals surface area contributed by atoms with Gasteiger partial charge in [0.1, 0.15) is 0 Å². The molecule has 699 valence electrons. The number of aromatic nitrogens is 9. The van der Waals surface area contributed by atoms with Gasteiger partial charge in [0.05, 0.1) is 5.52 Å². The van der Waals surface area contributed by atoms with Gasteiger partial charge >= 0.3 is 0 Å². The van der Waals surface area contributed by atoms with Crippen LogP contribution in [0.5, 0.6) is 0 Å². The molecule has 0 atom stereocenters. The van der Waals surface area contributed by atoms with E-state index in [0.717, 1.165) is 110 Å². The summed E-state index contributed by atoms with van der Waals surface area (Å²) >= 11 is 6.92. The number of thiophene rings is 3. The minimum Gasteiger partial charge on any atom is -0.521 e. The van der Waals surface area contributed by atoms with E-state index in [1.54, 1.807) is 113 Å². The fourth-order valence-electron chi connectivity index (χ4n) is 12.9. The van der Waals surface area contributed by atoms with Gasteiger partial charge in [0, 0.05) is 189 Å².